The van der Waals surface area contributed by atoms with Gasteiger partial charge in [0.15, 0.2) is 0 Å². The lowest BCUT2D eigenvalue weighted by molar-refractivity contribution is 0.482. The normalized spacial score (nSPS) is 13.5. The Bertz CT molecular complexity index is 144. The quantitative estimate of drug-likeness (QED) is 0.590. The monoisotopic (exact) mass is 171 g/mol. The lowest BCUT2D eigenvalue weighted by Crippen LogP contribution is -2.24. The molecule has 0 fully saturated rings. The van der Waals surface area contributed by atoms with Gasteiger partial charge in [-0.2, -0.15) is 0 Å². The number of allylic oxidation sites excluding steroid dienone is 1. The second-order valence-corrected chi connectivity index (χ2v) is 9.42. The zero-order valence-corrected chi connectivity index (χ0v) is 9.73. The average molecular weight is 171 g/mol. The molecule has 0 aliphatic rings. The highest BCUT2D eigenvalue weighted by Gasteiger charge is 2.15. The summed E-state index contributed by atoms with van der Waals surface area (Å²) in [6.45, 7) is 12.7. The number of hydrogen-bond donors (Lipinski definition) is 0. The van der Waals surface area contributed by atoms with Crippen LogP contribution in [0.3, 0.4) is 0 Å². The summed E-state index contributed by atoms with van der Waals surface area (Å²) in [5.41, 5.74) is 0. The van der Waals surface area contributed by atoms with Crippen molar-refractivity contribution in [2.24, 2.45) is 0 Å². The Morgan fingerprint density at radius 3 is 2.09 bits per heavy atom. The van der Waals surface area contributed by atoms with Gasteiger partial charge in [0.25, 0.3) is 0 Å². The first-order chi connectivity index (χ1) is 4.88. The summed E-state index contributed by atoms with van der Waals surface area (Å²) in [4.78, 5) is 2.24. The number of nitrogens with zero attached hydrogens (tertiary/aromatic N) is 1. The van der Waals surface area contributed by atoms with Crippen LogP contribution in [-0.4, -0.2) is 26.6 Å². The minimum absolute atomic E-state index is 1.02. The van der Waals surface area contributed by atoms with Gasteiger partial charge in [0.05, 0.1) is 8.07 Å². The molecule has 0 bridgehead atoms. The predicted molar refractivity (Wildman–Crippen MR) is 55.4 cm³/mol. The van der Waals surface area contributed by atoms with Crippen molar-refractivity contribution in [2.45, 2.75) is 33.5 Å². The Morgan fingerprint density at radius 1 is 1.36 bits per heavy atom. The highest BCUT2D eigenvalue weighted by Crippen LogP contribution is 2.13. The first kappa shape index (κ1) is 10.8. The summed E-state index contributed by atoms with van der Waals surface area (Å²) in [5, 5.41) is 1.57. The average Bonchev–Trinajstić information content (AvgIpc) is 1.85. The van der Waals surface area contributed by atoms with Crippen LogP contribution >= 0.6 is 0 Å². The molecule has 0 rings (SSSR count). The molecule has 0 heterocycles. The molecule has 0 atom stereocenters. The van der Waals surface area contributed by atoms with Crippen molar-refractivity contribution in [2.75, 3.05) is 13.6 Å². The molecule has 0 saturated heterocycles. The third-order valence-electron chi connectivity index (χ3n) is 2.10. The molecule has 0 saturated carbocycles. The van der Waals surface area contributed by atoms with Crippen LogP contribution in [0, 0.1) is 0 Å². The van der Waals surface area contributed by atoms with Gasteiger partial charge in [0.1, 0.15) is 0 Å². The predicted octanol–water partition coefficient (Wildman–Crippen LogP) is 2.72. The van der Waals surface area contributed by atoms with Crippen molar-refractivity contribution in [3.63, 3.8) is 0 Å². The minimum Gasteiger partial charge on any atom is -0.381 e. The lowest BCUT2D eigenvalue weighted by Gasteiger charge is -2.20. The standard InChI is InChI=1S/C9H21NSi/c1-7-10(3)8-9(2)11(4,5)6/h8H,7H2,1-6H3. The van der Waals surface area contributed by atoms with Gasteiger partial charge in [-0.25, -0.2) is 0 Å². The van der Waals surface area contributed by atoms with Crippen LogP contribution < -0.4 is 0 Å². The summed E-state index contributed by atoms with van der Waals surface area (Å²) in [6, 6.07) is 0. The Kier molecular flexibility index (Phi) is 3.87. The van der Waals surface area contributed by atoms with Crippen LogP contribution in [0.2, 0.25) is 19.6 Å². The van der Waals surface area contributed by atoms with Gasteiger partial charge in [0, 0.05) is 13.6 Å². The zero-order chi connectivity index (χ0) is 9.07. The molecule has 1 nitrogen and oxygen atoms in total. The van der Waals surface area contributed by atoms with E-state index >= 15 is 0 Å². The van der Waals surface area contributed by atoms with Crippen molar-refractivity contribution in [1.29, 1.82) is 0 Å². The molecule has 0 aromatic rings. The molecule has 0 N–H and O–H groups in total. The van der Waals surface area contributed by atoms with Gasteiger partial charge in [-0.1, -0.05) is 24.8 Å². The Balaban J connectivity index is 4.22. The summed E-state index contributed by atoms with van der Waals surface area (Å²) in [7, 11) is 1.11. The smallest absolute Gasteiger partial charge is 0.0739 e. The summed E-state index contributed by atoms with van der Waals surface area (Å²) in [5.74, 6) is 0. The second kappa shape index (κ2) is 3.95. The Labute approximate surface area is 72.1 Å². The minimum atomic E-state index is -1.02. The molecule has 0 aliphatic heterocycles. The van der Waals surface area contributed by atoms with Crippen LogP contribution in [0.5, 0.6) is 0 Å². The van der Waals surface area contributed by atoms with Gasteiger partial charge in [-0.3, -0.25) is 0 Å². The van der Waals surface area contributed by atoms with E-state index in [1.807, 2.05) is 0 Å². The highest BCUT2D eigenvalue weighted by atomic mass is 28.3. The second-order valence-electron chi connectivity index (χ2n) is 4.14. The van der Waals surface area contributed by atoms with Gasteiger partial charge >= 0.3 is 0 Å². The lowest BCUT2D eigenvalue weighted by atomic mass is 10.6. The fraction of sp³-hybridized carbons (Fsp3) is 0.778. The Morgan fingerprint density at radius 2 is 1.82 bits per heavy atom. The maximum atomic E-state index is 2.38. The molecule has 66 valence electrons. The van der Waals surface area contributed by atoms with Crippen LogP contribution in [0.1, 0.15) is 13.8 Å². The summed E-state index contributed by atoms with van der Waals surface area (Å²) in [6.07, 6.45) is 2.28. The molecule has 0 aliphatic carbocycles. The third kappa shape index (κ3) is 4.25. The van der Waals surface area contributed by atoms with E-state index in [4.69, 9.17) is 0 Å². The molecular formula is C9H21NSi. The molecule has 0 radical (unpaired) electrons. The SMILES string of the molecule is CCN(C)C=C(C)[Si](C)(C)C. The first-order valence-corrected chi connectivity index (χ1v) is 7.77. The molecular weight excluding hydrogens is 150 g/mol. The van der Waals surface area contributed by atoms with E-state index in [1.54, 1.807) is 5.20 Å². The molecule has 0 aromatic heterocycles. The summed E-state index contributed by atoms with van der Waals surface area (Å²) < 4.78 is 0. The zero-order valence-electron chi connectivity index (χ0n) is 8.73. The maximum absolute atomic E-state index is 2.38. The number of rotatable bonds is 3. The summed E-state index contributed by atoms with van der Waals surface area (Å²) >= 11 is 0. The van der Waals surface area contributed by atoms with Gasteiger partial charge < -0.3 is 4.90 Å². The van der Waals surface area contributed by atoms with E-state index in [0.717, 1.165) is 6.54 Å². The topological polar surface area (TPSA) is 3.24 Å². The fourth-order valence-electron chi connectivity index (χ4n) is 0.616. The first-order valence-electron chi connectivity index (χ1n) is 4.27. The highest BCUT2D eigenvalue weighted by molar-refractivity contribution is 6.82. The van der Waals surface area contributed by atoms with Crippen molar-refractivity contribution in [3.8, 4) is 0 Å². The van der Waals surface area contributed by atoms with Crippen LogP contribution in [-0.2, 0) is 0 Å². The largest absolute Gasteiger partial charge is 0.381 e. The van der Waals surface area contributed by atoms with Gasteiger partial charge in [0.2, 0.25) is 0 Å². The van der Waals surface area contributed by atoms with Crippen molar-refractivity contribution in [1.82, 2.24) is 4.90 Å². The molecule has 0 aromatic carbocycles. The van der Waals surface area contributed by atoms with E-state index in [-0.39, 0.29) is 0 Å². The van der Waals surface area contributed by atoms with Crippen molar-refractivity contribution in [3.05, 3.63) is 11.4 Å². The van der Waals surface area contributed by atoms with Gasteiger partial charge in [-0.15, -0.1) is 0 Å². The van der Waals surface area contributed by atoms with Crippen LogP contribution in [0.25, 0.3) is 0 Å². The van der Waals surface area contributed by atoms with E-state index < -0.39 is 8.07 Å². The fourth-order valence-corrected chi connectivity index (χ4v) is 1.22. The third-order valence-corrected chi connectivity index (χ3v) is 4.59. The van der Waals surface area contributed by atoms with E-state index in [9.17, 15) is 0 Å². The molecule has 11 heavy (non-hydrogen) atoms. The molecule has 0 unspecified atom stereocenters. The van der Waals surface area contributed by atoms with E-state index in [1.165, 1.54) is 0 Å². The number of hydrogen-bond acceptors (Lipinski definition) is 1. The van der Waals surface area contributed by atoms with E-state index in [2.05, 4.69) is 51.6 Å². The molecule has 0 amide bonds. The van der Waals surface area contributed by atoms with Crippen LogP contribution in [0.15, 0.2) is 11.4 Å². The van der Waals surface area contributed by atoms with Crippen LogP contribution in [0.4, 0.5) is 0 Å². The maximum Gasteiger partial charge on any atom is 0.0739 e. The molecule has 2 heteroatoms. The van der Waals surface area contributed by atoms with Gasteiger partial charge in [-0.05, 0) is 20.0 Å². The van der Waals surface area contributed by atoms with Crippen molar-refractivity contribution >= 4 is 8.07 Å². The van der Waals surface area contributed by atoms with Crippen molar-refractivity contribution < 1.29 is 0 Å². The van der Waals surface area contributed by atoms with E-state index in [0.29, 0.717) is 0 Å². The molecule has 0 spiro atoms. The Hall–Kier alpha value is -0.243.